The first-order valence-corrected chi connectivity index (χ1v) is 9.52. The van der Waals surface area contributed by atoms with Crippen LogP contribution in [0, 0.1) is 0 Å². The van der Waals surface area contributed by atoms with E-state index < -0.39 is 17.9 Å². The van der Waals surface area contributed by atoms with Gasteiger partial charge in [-0.15, -0.1) is 0 Å². The lowest BCUT2D eigenvalue weighted by molar-refractivity contribution is -0.137. The van der Waals surface area contributed by atoms with Gasteiger partial charge in [0.15, 0.2) is 0 Å². The molecule has 1 atom stereocenters. The lowest BCUT2D eigenvalue weighted by atomic mass is 9.83. The highest BCUT2D eigenvalue weighted by molar-refractivity contribution is 6.30. The number of ether oxygens (including phenoxy) is 2. The Morgan fingerprint density at radius 3 is 1.90 bits per heavy atom. The van der Waals surface area contributed by atoms with Crippen molar-refractivity contribution < 1.29 is 19.1 Å². The molecule has 1 heterocycles. The summed E-state index contributed by atoms with van der Waals surface area (Å²) < 4.78 is 10.0. The molecule has 2 aromatic carbocycles. The normalized spacial score (nSPS) is 15.2. The van der Waals surface area contributed by atoms with E-state index in [0.29, 0.717) is 16.2 Å². The second-order valence-electron chi connectivity index (χ2n) is 6.67. The van der Waals surface area contributed by atoms with Crippen molar-refractivity contribution in [3.05, 3.63) is 94.3 Å². The first-order valence-electron chi connectivity index (χ1n) is 9.14. The Hall–Kier alpha value is -3.05. The van der Waals surface area contributed by atoms with Gasteiger partial charge in [0.25, 0.3) is 0 Å². The Bertz CT molecular complexity index is 917. The molecule has 0 unspecified atom stereocenters. The number of rotatable bonds is 5. The summed E-state index contributed by atoms with van der Waals surface area (Å²) in [7, 11) is 2.65. The zero-order chi connectivity index (χ0) is 21.0. The predicted octanol–water partition coefficient (Wildman–Crippen LogP) is 4.61. The molecule has 2 aromatic rings. The maximum atomic E-state index is 12.7. The molecule has 0 bridgehead atoms. The number of halogens is 1. The van der Waals surface area contributed by atoms with Crippen LogP contribution in [0.25, 0.3) is 0 Å². The van der Waals surface area contributed by atoms with Crippen molar-refractivity contribution in [2.45, 2.75) is 18.9 Å². The highest BCUT2D eigenvalue weighted by Gasteiger charge is 2.36. The van der Waals surface area contributed by atoms with Crippen LogP contribution in [0.1, 0.15) is 30.0 Å². The molecule has 0 spiro atoms. The summed E-state index contributed by atoms with van der Waals surface area (Å²) in [5.41, 5.74) is 2.48. The number of methoxy groups -OCH3 is 2. The molecule has 0 N–H and O–H groups in total. The van der Waals surface area contributed by atoms with E-state index in [2.05, 4.69) is 0 Å². The molecule has 150 valence electrons. The number of hydrogen-bond acceptors (Lipinski definition) is 5. The van der Waals surface area contributed by atoms with Gasteiger partial charge in [0.1, 0.15) is 0 Å². The van der Waals surface area contributed by atoms with E-state index in [-0.39, 0.29) is 6.04 Å². The van der Waals surface area contributed by atoms with Crippen molar-refractivity contribution in [2.24, 2.45) is 0 Å². The molecule has 5 nitrogen and oxygen atoms in total. The van der Waals surface area contributed by atoms with Gasteiger partial charge in [-0.2, -0.15) is 0 Å². The van der Waals surface area contributed by atoms with Crippen LogP contribution in [0.15, 0.2) is 78.1 Å². The third-order valence-electron chi connectivity index (χ3n) is 4.97. The number of nitrogens with zero attached hydrogens (tertiary/aromatic N) is 1. The molecular weight excluding hydrogens is 390 g/mol. The summed E-state index contributed by atoms with van der Waals surface area (Å²) in [6.45, 7) is 1.99. The Kier molecular flexibility index (Phi) is 6.39. The molecule has 0 aliphatic carbocycles. The van der Waals surface area contributed by atoms with Crippen LogP contribution in [0.3, 0.4) is 0 Å². The third kappa shape index (κ3) is 4.35. The fraction of sp³-hybridized carbons (Fsp3) is 0.217. The summed E-state index contributed by atoms with van der Waals surface area (Å²) in [5.74, 6) is -1.64. The van der Waals surface area contributed by atoms with Crippen molar-refractivity contribution in [1.82, 2.24) is 4.90 Å². The Morgan fingerprint density at radius 1 is 0.897 bits per heavy atom. The van der Waals surface area contributed by atoms with E-state index in [1.54, 1.807) is 36.7 Å². The molecule has 0 aromatic heterocycles. The summed E-state index contributed by atoms with van der Waals surface area (Å²) in [6, 6.07) is 16.7. The molecule has 0 saturated carbocycles. The minimum absolute atomic E-state index is 0.110. The van der Waals surface area contributed by atoms with E-state index in [1.807, 2.05) is 42.2 Å². The Labute approximate surface area is 175 Å². The van der Waals surface area contributed by atoms with Gasteiger partial charge in [-0.3, -0.25) is 0 Å². The molecule has 0 radical (unpaired) electrons. The minimum atomic E-state index is -0.619. The van der Waals surface area contributed by atoms with Crippen LogP contribution in [0.5, 0.6) is 0 Å². The smallest absolute Gasteiger partial charge is 0.336 e. The van der Waals surface area contributed by atoms with E-state index in [4.69, 9.17) is 21.1 Å². The Morgan fingerprint density at radius 2 is 1.41 bits per heavy atom. The number of benzene rings is 2. The third-order valence-corrected chi connectivity index (χ3v) is 5.23. The zero-order valence-corrected chi connectivity index (χ0v) is 17.2. The maximum absolute atomic E-state index is 12.7. The van der Waals surface area contributed by atoms with E-state index in [9.17, 15) is 9.59 Å². The van der Waals surface area contributed by atoms with Crippen LogP contribution < -0.4 is 0 Å². The molecule has 0 amide bonds. The van der Waals surface area contributed by atoms with Crippen molar-refractivity contribution >= 4 is 23.5 Å². The highest BCUT2D eigenvalue weighted by atomic mass is 35.5. The number of carbonyl (C=O) groups is 2. The molecule has 6 heteroatoms. The highest BCUT2D eigenvalue weighted by Crippen LogP contribution is 2.39. The molecule has 3 rings (SSSR count). The second-order valence-corrected chi connectivity index (χ2v) is 7.11. The quantitative estimate of drug-likeness (QED) is 0.672. The van der Waals surface area contributed by atoms with Gasteiger partial charge >= 0.3 is 11.9 Å². The lowest BCUT2D eigenvalue weighted by Gasteiger charge is -2.33. The van der Waals surface area contributed by atoms with Crippen LogP contribution in [0.2, 0.25) is 5.02 Å². The van der Waals surface area contributed by atoms with Gasteiger partial charge in [0, 0.05) is 17.4 Å². The fourth-order valence-corrected chi connectivity index (χ4v) is 3.52. The van der Waals surface area contributed by atoms with E-state index >= 15 is 0 Å². The van der Waals surface area contributed by atoms with Gasteiger partial charge < -0.3 is 14.4 Å². The van der Waals surface area contributed by atoms with Gasteiger partial charge in [-0.25, -0.2) is 9.59 Å². The fourth-order valence-electron chi connectivity index (χ4n) is 3.39. The first kappa shape index (κ1) is 20.7. The molecule has 0 saturated heterocycles. The van der Waals surface area contributed by atoms with E-state index in [1.165, 1.54) is 14.2 Å². The summed E-state index contributed by atoms with van der Waals surface area (Å²) in [6.07, 6.45) is 3.46. The molecular formula is C23H22ClNO4. The van der Waals surface area contributed by atoms with Crippen molar-refractivity contribution in [3.63, 3.8) is 0 Å². The molecule has 29 heavy (non-hydrogen) atoms. The predicted molar refractivity (Wildman–Crippen MR) is 111 cm³/mol. The second kappa shape index (κ2) is 8.97. The average Bonchev–Trinajstić information content (AvgIpc) is 2.77. The van der Waals surface area contributed by atoms with Crippen molar-refractivity contribution in [3.8, 4) is 0 Å². The standard InChI is InChI=1S/C23H22ClNO4/c1-15(16-7-5-4-6-8-16)25-13-19(22(26)28-2)21(20(14-25)23(27)29-3)17-9-11-18(24)12-10-17/h4-15,21H,1-3H3/t15-/m1/s1. The van der Waals surface area contributed by atoms with Crippen LogP contribution >= 0.6 is 11.6 Å². The Balaban J connectivity index is 2.12. The summed E-state index contributed by atoms with van der Waals surface area (Å²) in [4.78, 5) is 27.1. The lowest BCUT2D eigenvalue weighted by Crippen LogP contribution is -2.30. The average molecular weight is 412 g/mol. The maximum Gasteiger partial charge on any atom is 0.336 e. The van der Waals surface area contributed by atoms with Crippen LogP contribution in [0.4, 0.5) is 0 Å². The van der Waals surface area contributed by atoms with Gasteiger partial charge in [0.05, 0.1) is 37.3 Å². The van der Waals surface area contributed by atoms with Gasteiger partial charge in [-0.1, -0.05) is 54.1 Å². The van der Waals surface area contributed by atoms with Crippen LogP contribution in [-0.2, 0) is 19.1 Å². The van der Waals surface area contributed by atoms with Crippen molar-refractivity contribution in [1.29, 1.82) is 0 Å². The number of carbonyl (C=O) groups excluding carboxylic acids is 2. The van der Waals surface area contributed by atoms with E-state index in [0.717, 1.165) is 11.1 Å². The zero-order valence-electron chi connectivity index (χ0n) is 16.5. The molecule has 1 aliphatic heterocycles. The number of hydrogen-bond donors (Lipinski definition) is 0. The molecule has 0 fully saturated rings. The monoisotopic (exact) mass is 411 g/mol. The van der Waals surface area contributed by atoms with Crippen LogP contribution in [-0.4, -0.2) is 31.1 Å². The SMILES string of the molecule is COC(=O)C1=CN([C@H](C)c2ccccc2)C=C(C(=O)OC)C1c1ccc(Cl)cc1. The largest absolute Gasteiger partial charge is 0.466 e. The summed E-state index contributed by atoms with van der Waals surface area (Å²) >= 11 is 6.01. The van der Waals surface area contributed by atoms with Crippen molar-refractivity contribution in [2.75, 3.05) is 14.2 Å². The van der Waals surface area contributed by atoms with Gasteiger partial charge in [0.2, 0.25) is 0 Å². The first-order chi connectivity index (χ1) is 14.0. The topological polar surface area (TPSA) is 55.8 Å². The summed E-state index contributed by atoms with van der Waals surface area (Å²) in [5, 5.41) is 0.566. The minimum Gasteiger partial charge on any atom is -0.466 e. The number of esters is 2. The molecule has 1 aliphatic rings. The van der Waals surface area contributed by atoms with Gasteiger partial charge in [-0.05, 0) is 30.2 Å².